The van der Waals surface area contributed by atoms with Gasteiger partial charge in [0.05, 0.1) is 12.7 Å². The lowest BCUT2D eigenvalue weighted by Gasteiger charge is -2.24. The second-order valence-corrected chi connectivity index (χ2v) is 3.15. The number of ether oxygens (including phenoxy) is 1. The van der Waals surface area contributed by atoms with Crippen molar-refractivity contribution >= 4 is 5.78 Å². The summed E-state index contributed by atoms with van der Waals surface area (Å²) in [6.45, 7) is 4.80. The van der Waals surface area contributed by atoms with Crippen LogP contribution in [0.5, 0.6) is 0 Å². The minimum atomic E-state index is 0.182. The maximum Gasteiger partial charge on any atom is 0.137 e. The maximum absolute atomic E-state index is 10.9. The van der Waals surface area contributed by atoms with Crippen molar-refractivity contribution in [3.63, 3.8) is 0 Å². The molecule has 0 amide bonds. The quantitative estimate of drug-likeness (QED) is 0.553. The predicted octanol–water partition coefficient (Wildman–Crippen LogP) is 1.39. The molecule has 0 unspecified atom stereocenters. The van der Waals surface area contributed by atoms with Crippen LogP contribution in [0.2, 0.25) is 0 Å². The van der Waals surface area contributed by atoms with Crippen LogP contribution in [0.3, 0.4) is 0 Å². The van der Waals surface area contributed by atoms with Gasteiger partial charge in [0.2, 0.25) is 0 Å². The van der Waals surface area contributed by atoms with E-state index in [-0.39, 0.29) is 6.10 Å². The highest BCUT2D eigenvalue weighted by molar-refractivity contribution is 5.79. The average molecular weight is 142 g/mol. The predicted molar refractivity (Wildman–Crippen MR) is 38.8 cm³/mol. The monoisotopic (exact) mass is 142 g/mol. The Balaban J connectivity index is 2.39. The maximum atomic E-state index is 10.9. The zero-order chi connectivity index (χ0) is 7.56. The van der Waals surface area contributed by atoms with Crippen LogP contribution in [0.4, 0.5) is 0 Å². The summed E-state index contributed by atoms with van der Waals surface area (Å²) in [7, 11) is 0. The van der Waals surface area contributed by atoms with Gasteiger partial charge in [-0.3, -0.25) is 4.79 Å². The summed E-state index contributed by atoms with van der Waals surface area (Å²) in [5, 5.41) is 0. The third-order valence-electron chi connectivity index (χ3n) is 1.89. The average Bonchev–Trinajstić information content (AvgIpc) is 1.88. The van der Waals surface area contributed by atoms with Crippen molar-refractivity contribution in [1.82, 2.24) is 0 Å². The molecule has 1 heterocycles. The molecule has 1 saturated heterocycles. The van der Waals surface area contributed by atoms with Crippen LogP contribution in [0.15, 0.2) is 0 Å². The van der Waals surface area contributed by atoms with E-state index in [1.165, 1.54) is 0 Å². The van der Waals surface area contributed by atoms with Crippen LogP contribution in [0, 0.1) is 5.92 Å². The molecular formula is C8H14O2. The zero-order valence-corrected chi connectivity index (χ0v) is 6.59. The van der Waals surface area contributed by atoms with Crippen LogP contribution in [0.1, 0.15) is 26.7 Å². The van der Waals surface area contributed by atoms with E-state index in [1.54, 1.807) is 0 Å². The second kappa shape index (κ2) is 3.15. The van der Waals surface area contributed by atoms with Crippen molar-refractivity contribution in [1.29, 1.82) is 0 Å². The van der Waals surface area contributed by atoms with Crippen molar-refractivity contribution in [2.24, 2.45) is 5.92 Å². The smallest absolute Gasteiger partial charge is 0.137 e. The lowest BCUT2D eigenvalue weighted by molar-refractivity contribution is -0.130. The molecule has 1 atom stereocenters. The van der Waals surface area contributed by atoms with Gasteiger partial charge in [-0.25, -0.2) is 0 Å². The molecule has 0 aromatic rings. The summed E-state index contributed by atoms with van der Waals surface area (Å²) >= 11 is 0. The topological polar surface area (TPSA) is 26.3 Å². The molecule has 1 aliphatic rings. The Labute approximate surface area is 61.6 Å². The van der Waals surface area contributed by atoms with Gasteiger partial charge in [-0.1, -0.05) is 13.8 Å². The number of Topliss-reactive ketones (excluding diaryl/α,β-unsaturated/α-hetero) is 1. The van der Waals surface area contributed by atoms with Gasteiger partial charge in [0, 0.05) is 12.8 Å². The number of rotatable bonds is 1. The van der Waals surface area contributed by atoms with E-state index in [0.29, 0.717) is 31.1 Å². The molecule has 0 saturated carbocycles. The van der Waals surface area contributed by atoms with Gasteiger partial charge in [-0.2, -0.15) is 0 Å². The Morgan fingerprint density at radius 3 is 2.70 bits per heavy atom. The minimum Gasteiger partial charge on any atom is -0.377 e. The van der Waals surface area contributed by atoms with E-state index < -0.39 is 0 Å². The fraction of sp³-hybridized carbons (Fsp3) is 0.875. The molecule has 0 bridgehead atoms. The van der Waals surface area contributed by atoms with Gasteiger partial charge in [-0.15, -0.1) is 0 Å². The summed E-state index contributed by atoms with van der Waals surface area (Å²) in [6, 6.07) is 0. The molecule has 58 valence electrons. The molecule has 1 rings (SSSR count). The van der Waals surface area contributed by atoms with E-state index in [4.69, 9.17) is 4.74 Å². The summed E-state index contributed by atoms with van der Waals surface area (Å²) in [4.78, 5) is 10.9. The van der Waals surface area contributed by atoms with E-state index >= 15 is 0 Å². The number of carbonyl (C=O) groups excluding carboxylic acids is 1. The second-order valence-electron chi connectivity index (χ2n) is 3.15. The lowest BCUT2D eigenvalue weighted by atomic mass is 9.98. The Bertz CT molecular complexity index is 129. The van der Waals surface area contributed by atoms with Gasteiger partial charge in [0.1, 0.15) is 5.78 Å². The van der Waals surface area contributed by atoms with E-state index in [9.17, 15) is 4.79 Å². The Morgan fingerprint density at radius 1 is 1.60 bits per heavy atom. The summed E-state index contributed by atoms with van der Waals surface area (Å²) in [6.07, 6.45) is 1.42. The summed E-state index contributed by atoms with van der Waals surface area (Å²) in [5.41, 5.74) is 0. The van der Waals surface area contributed by atoms with Crippen molar-refractivity contribution in [3.8, 4) is 0 Å². The molecule has 0 radical (unpaired) electrons. The highest BCUT2D eigenvalue weighted by Crippen LogP contribution is 2.16. The molecule has 0 aromatic heterocycles. The summed E-state index contributed by atoms with van der Waals surface area (Å²) < 4.78 is 5.39. The van der Waals surface area contributed by atoms with Crippen molar-refractivity contribution in [2.75, 3.05) is 6.61 Å². The molecule has 0 N–H and O–H groups in total. The van der Waals surface area contributed by atoms with E-state index in [2.05, 4.69) is 13.8 Å². The summed E-state index contributed by atoms with van der Waals surface area (Å²) in [5.74, 6) is 0.828. The van der Waals surface area contributed by atoms with Gasteiger partial charge >= 0.3 is 0 Å². The first kappa shape index (κ1) is 7.73. The van der Waals surface area contributed by atoms with Gasteiger partial charge in [0.25, 0.3) is 0 Å². The van der Waals surface area contributed by atoms with E-state index in [0.717, 1.165) is 0 Å². The Morgan fingerprint density at radius 2 is 2.30 bits per heavy atom. The van der Waals surface area contributed by atoms with Crippen LogP contribution >= 0.6 is 0 Å². The number of carbonyl (C=O) groups is 1. The van der Waals surface area contributed by atoms with Crippen molar-refractivity contribution < 1.29 is 9.53 Å². The largest absolute Gasteiger partial charge is 0.377 e. The van der Waals surface area contributed by atoms with E-state index in [1.807, 2.05) is 0 Å². The van der Waals surface area contributed by atoms with Crippen LogP contribution < -0.4 is 0 Å². The normalized spacial score (nSPS) is 27.5. The molecule has 1 aliphatic heterocycles. The number of hydrogen-bond donors (Lipinski definition) is 0. The Hall–Kier alpha value is -0.370. The fourth-order valence-corrected chi connectivity index (χ4v) is 1.14. The fourth-order valence-electron chi connectivity index (χ4n) is 1.14. The molecule has 0 aliphatic carbocycles. The highest BCUT2D eigenvalue weighted by Gasteiger charge is 2.22. The van der Waals surface area contributed by atoms with Crippen LogP contribution in [-0.2, 0) is 9.53 Å². The van der Waals surface area contributed by atoms with Crippen molar-refractivity contribution in [2.45, 2.75) is 32.8 Å². The SMILES string of the molecule is CC(C)[C@@H]1CC(=O)CCO1. The Kier molecular flexibility index (Phi) is 2.44. The van der Waals surface area contributed by atoms with Gasteiger partial charge < -0.3 is 4.74 Å². The third kappa shape index (κ3) is 1.81. The van der Waals surface area contributed by atoms with Crippen LogP contribution in [-0.4, -0.2) is 18.5 Å². The number of hydrogen-bond acceptors (Lipinski definition) is 2. The lowest BCUT2D eigenvalue weighted by Crippen LogP contribution is -2.29. The molecule has 2 heteroatoms. The molecule has 10 heavy (non-hydrogen) atoms. The van der Waals surface area contributed by atoms with Crippen LogP contribution in [0.25, 0.3) is 0 Å². The molecule has 2 nitrogen and oxygen atoms in total. The molecule has 1 fully saturated rings. The van der Waals surface area contributed by atoms with Gasteiger partial charge in [-0.05, 0) is 5.92 Å². The standard InChI is InChI=1S/C8H14O2/c1-6(2)8-5-7(9)3-4-10-8/h6,8H,3-5H2,1-2H3/t8-/m0/s1. The highest BCUT2D eigenvalue weighted by atomic mass is 16.5. The third-order valence-corrected chi connectivity index (χ3v) is 1.89. The minimum absolute atomic E-state index is 0.182. The first-order chi connectivity index (χ1) is 4.70. The molecular weight excluding hydrogens is 128 g/mol. The van der Waals surface area contributed by atoms with Gasteiger partial charge in [0.15, 0.2) is 0 Å². The first-order valence-corrected chi connectivity index (χ1v) is 3.83. The zero-order valence-electron chi connectivity index (χ0n) is 6.59. The number of ketones is 1. The molecule has 0 spiro atoms. The first-order valence-electron chi connectivity index (χ1n) is 3.83. The molecule has 0 aromatic carbocycles. The van der Waals surface area contributed by atoms with Crippen molar-refractivity contribution in [3.05, 3.63) is 0 Å².